The van der Waals surface area contributed by atoms with Crippen LogP contribution in [0.25, 0.3) is 10.1 Å². The van der Waals surface area contributed by atoms with Crippen LogP contribution in [-0.2, 0) is 0 Å². The first-order valence-corrected chi connectivity index (χ1v) is 8.41. The van der Waals surface area contributed by atoms with E-state index in [0.29, 0.717) is 28.1 Å². The molecule has 1 aliphatic heterocycles. The molecule has 6 heteroatoms. The quantitative estimate of drug-likeness (QED) is 0.852. The number of nitrogens with zero attached hydrogens (tertiary/aromatic N) is 1. The van der Waals surface area contributed by atoms with Crippen molar-refractivity contribution < 1.29 is 14.1 Å². The van der Waals surface area contributed by atoms with Crippen molar-refractivity contribution in [1.29, 1.82) is 0 Å². The van der Waals surface area contributed by atoms with E-state index in [0.717, 1.165) is 19.6 Å². The zero-order chi connectivity index (χ0) is 15.7. The summed E-state index contributed by atoms with van der Waals surface area (Å²) >= 11 is 7.52. The molecule has 0 radical (unpaired) electrons. The normalized spacial score (nSPS) is 16.2. The van der Waals surface area contributed by atoms with Crippen LogP contribution in [0.2, 0.25) is 5.02 Å². The van der Waals surface area contributed by atoms with E-state index < -0.39 is 0 Å². The van der Waals surface area contributed by atoms with Crippen molar-refractivity contribution in [2.75, 3.05) is 32.7 Å². The fourth-order valence-corrected chi connectivity index (χ4v) is 4.31. The summed E-state index contributed by atoms with van der Waals surface area (Å²) in [5, 5.41) is 0.595. The van der Waals surface area contributed by atoms with Crippen molar-refractivity contribution >= 4 is 38.9 Å². The van der Waals surface area contributed by atoms with Gasteiger partial charge >= 0.3 is 0 Å². The third-order valence-corrected chi connectivity index (χ3v) is 5.62. The molecule has 116 valence electrons. The molecule has 1 amide bonds. The van der Waals surface area contributed by atoms with Gasteiger partial charge in [-0.15, -0.1) is 11.3 Å². The summed E-state index contributed by atoms with van der Waals surface area (Å²) in [5.41, 5.74) is 0. The molecule has 2 heterocycles. The first kappa shape index (κ1) is 15.5. The second-order valence-corrected chi connectivity index (χ2v) is 6.82. The summed E-state index contributed by atoms with van der Waals surface area (Å²) in [6, 6.07) is 4.79. The van der Waals surface area contributed by atoms with Crippen LogP contribution in [0.1, 0.15) is 9.67 Å². The van der Waals surface area contributed by atoms with Crippen molar-refractivity contribution in [2.24, 2.45) is 0 Å². The highest BCUT2D eigenvalue weighted by atomic mass is 35.5. The van der Waals surface area contributed by atoms with Gasteiger partial charge in [-0.05, 0) is 18.2 Å². The van der Waals surface area contributed by atoms with Gasteiger partial charge in [0, 0.05) is 10.1 Å². The van der Waals surface area contributed by atoms with Gasteiger partial charge in [0.05, 0.1) is 37.7 Å². The van der Waals surface area contributed by atoms with Gasteiger partial charge in [0.15, 0.2) is 0 Å². The summed E-state index contributed by atoms with van der Waals surface area (Å²) in [6.07, 6.45) is 1.90. The SMILES string of the molecule is C=CC[NH+]1CCN(C(=O)c2sc3cccc(F)c3c2Cl)CC1. The lowest BCUT2D eigenvalue weighted by atomic mass is 10.2. The molecular weight excluding hydrogens is 323 g/mol. The van der Waals surface area contributed by atoms with Crippen LogP contribution >= 0.6 is 22.9 Å². The van der Waals surface area contributed by atoms with E-state index in [4.69, 9.17) is 11.6 Å². The predicted molar refractivity (Wildman–Crippen MR) is 88.5 cm³/mol. The van der Waals surface area contributed by atoms with Gasteiger partial charge in [-0.1, -0.05) is 24.2 Å². The molecule has 0 aliphatic carbocycles. The Morgan fingerprint density at radius 3 is 2.82 bits per heavy atom. The van der Waals surface area contributed by atoms with Crippen LogP contribution in [-0.4, -0.2) is 43.5 Å². The van der Waals surface area contributed by atoms with Gasteiger partial charge in [0.25, 0.3) is 5.91 Å². The number of quaternary nitrogens is 1. The fourth-order valence-electron chi connectivity index (χ4n) is 2.79. The van der Waals surface area contributed by atoms with E-state index >= 15 is 0 Å². The number of carbonyl (C=O) groups excluding carboxylic acids is 1. The lowest BCUT2D eigenvalue weighted by Crippen LogP contribution is -3.14. The number of benzene rings is 1. The van der Waals surface area contributed by atoms with Crippen LogP contribution in [0.4, 0.5) is 4.39 Å². The smallest absolute Gasteiger partial charge is 0.265 e. The number of fused-ring (bicyclic) bond motifs is 1. The highest BCUT2D eigenvalue weighted by Crippen LogP contribution is 2.37. The number of hydrogen-bond donors (Lipinski definition) is 1. The lowest BCUT2D eigenvalue weighted by Gasteiger charge is -2.31. The number of amides is 1. The number of hydrogen-bond acceptors (Lipinski definition) is 2. The third kappa shape index (κ3) is 2.76. The topological polar surface area (TPSA) is 24.8 Å². The fraction of sp³-hybridized carbons (Fsp3) is 0.312. The third-order valence-electron chi connectivity index (χ3n) is 3.99. The molecule has 0 unspecified atom stereocenters. The zero-order valence-corrected chi connectivity index (χ0v) is 13.6. The maximum Gasteiger partial charge on any atom is 0.265 e. The number of rotatable bonds is 3. The Kier molecular flexibility index (Phi) is 4.47. The molecular formula is C16H17ClFN2OS+. The number of carbonyl (C=O) groups is 1. The molecule has 2 aromatic rings. The summed E-state index contributed by atoms with van der Waals surface area (Å²) in [6.45, 7) is 7.84. The number of piperazine rings is 1. The summed E-state index contributed by atoms with van der Waals surface area (Å²) in [7, 11) is 0. The molecule has 0 atom stereocenters. The minimum atomic E-state index is -0.377. The standard InChI is InChI=1S/C16H16ClFN2OS/c1-2-6-19-7-9-20(10-8-19)16(21)15-14(17)13-11(18)4-3-5-12(13)22-15/h2-5H,1,6-10H2/p+1. The Labute approximate surface area is 137 Å². The average molecular weight is 340 g/mol. The molecule has 3 nitrogen and oxygen atoms in total. The Bertz CT molecular complexity index is 722. The Morgan fingerprint density at radius 1 is 1.45 bits per heavy atom. The van der Waals surface area contributed by atoms with Crippen molar-refractivity contribution in [2.45, 2.75) is 0 Å². The van der Waals surface area contributed by atoms with Crippen molar-refractivity contribution in [1.82, 2.24) is 4.90 Å². The number of halogens is 2. The molecule has 0 spiro atoms. The molecule has 1 aliphatic rings. The lowest BCUT2D eigenvalue weighted by molar-refractivity contribution is -0.898. The Morgan fingerprint density at radius 2 is 2.18 bits per heavy atom. The van der Waals surface area contributed by atoms with Crippen molar-refractivity contribution in [3.05, 3.63) is 46.6 Å². The van der Waals surface area contributed by atoms with Crippen LogP contribution in [0.5, 0.6) is 0 Å². The van der Waals surface area contributed by atoms with Gasteiger partial charge < -0.3 is 9.80 Å². The van der Waals surface area contributed by atoms with Crippen LogP contribution < -0.4 is 4.90 Å². The molecule has 0 saturated carbocycles. The van der Waals surface area contributed by atoms with E-state index in [1.54, 1.807) is 17.0 Å². The second-order valence-electron chi connectivity index (χ2n) is 5.39. The Hall–Kier alpha value is -1.43. The average Bonchev–Trinajstić information content (AvgIpc) is 2.86. The Balaban J connectivity index is 1.83. The van der Waals surface area contributed by atoms with Gasteiger partial charge in [-0.2, -0.15) is 0 Å². The van der Waals surface area contributed by atoms with Crippen LogP contribution in [0.3, 0.4) is 0 Å². The van der Waals surface area contributed by atoms with Gasteiger partial charge in [-0.3, -0.25) is 4.79 Å². The first-order chi connectivity index (χ1) is 10.6. The number of thiophene rings is 1. The van der Waals surface area contributed by atoms with Crippen molar-refractivity contribution in [3.8, 4) is 0 Å². The second kappa shape index (κ2) is 6.36. The number of nitrogens with one attached hydrogen (secondary N) is 1. The predicted octanol–water partition coefficient (Wildman–Crippen LogP) is 2.22. The summed E-state index contributed by atoms with van der Waals surface area (Å²) in [5.74, 6) is -0.471. The molecule has 0 bridgehead atoms. The minimum absolute atomic E-state index is 0.0942. The molecule has 1 fully saturated rings. The van der Waals surface area contributed by atoms with Crippen LogP contribution in [0.15, 0.2) is 30.9 Å². The van der Waals surface area contributed by atoms with E-state index in [9.17, 15) is 9.18 Å². The molecule has 1 aromatic carbocycles. The molecule has 3 rings (SSSR count). The van der Waals surface area contributed by atoms with Gasteiger partial charge in [-0.25, -0.2) is 4.39 Å². The van der Waals surface area contributed by atoms with Crippen molar-refractivity contribution in [3.63, 3.8) is 0 Å². The van der Waals surface area contributed by atoms with E-state index in [1.165, 1.54) is 22.3 Å². The molecule has 22 heavy (non-hydrogen) atoms. The van der Waals surface area contributed by atoms with Gasteiger partial charge in [0.1, 0.15) is 10.7 Å². The van der Waals surface area contributed by atoms with E-state index in [-0.39, 0.29) is 16.7 Å². The largest absolute Gasteiger partial charge is 0.329 e. The van der Waals surface area contributed by atoms with Gasteiger partial charge in [0.2, 0.25) is 0 Å². The summed E-state index contributed by atoms with van der Waals surface area (Å²) in [4.78, 5) is 16.3. The molecule has 1 aromatic heterocycles. The first-order valence-electron chi connectivity index (χ1n) is 7.22. The van der Waals surface area contributed by atoms with Crippen LogP contribution in [0, 0.1) is 5.82 Å². The summed E-state index contributed by atoms with van der Waals surface area (Å²) < 4.78 is 14.6. The molecule has 1 saturated heterocycles. The van der Waals surface area contributed by atoms with E-state index in [1.807, 2.05) is 6.08 Å². The maximum atomic E-state index is 13.9. The minimum Gasteiger partial charge on any atom is -0.329 e. The highest BCUT2D eigenvalue weighted by molar-refractivity contribution is 7.21. The zero-order valence-electron chi connectivity index (χ0n) is 12.1. The molecule has 1 N–H and O–H groups in total. The maximum absolute atomic E-state index is 13.9. The monoisotopic (exact) mass is 339 g/mol. The highest BCUT2D eigenvalue weighted by Gasteiger charge is 2.27. The van der Waals surface area contributed by atoms with E-state index in [2.05, 4.69) is 6.58 Å².